The molecule has 1 aliphatic rings. The Kier molecular flexibility index (Phi) is 26.5. The Morgan fingerprint density at radius 1 is 0.830 bits per heavy atom. The Morgan fingerprint density at radius 2 is 1.49 bits per heavy atom. The summed E-state index contributed by atoms with van der Waals surface area (Å²) < 4.78 is 32.5. The van der Waals surface area contributed by atoms with Gasteiger partial charge < -0.3 is 40.5 Å². The summed E-state index contributed by atoms with van der Waals surface area (Å²) in [5.74, 6) is -3.44. The molecule has 53 heavy (non-hydrogen) atoms. The first-order valence-electron chi connectivity index (χ1n) is 19.3. The van der Waals surface area contributed by atoms with Crippen LogP contribution in [0, 0.1) is 11.8 Å². The number of aliphatic hydroxyl groups is 3. The van der Waals surface area contributed by atoms with E-state index in [2.05, 4.69) is 30.5 Å². The summed E-state index contributed by atoms with van der Waals surface area (Å²) in [6, 6.07) is -1.57. The molecule has 0 heterocycles. The lowest BCUT2D eigenvalue weighted by Crippen LogP contribution is -2.34. The molecular weight excluding hydrogens is 709 g/mol. The van der Waals surface area contributed by atoms with Crippen LogP contribution in [-0.4, -0.2) is 93.5 Å². The number of phosphoric ester groups is 1. The Bertz CT molecular complexity index is 1160. The number of rotatable bonds is 31. The predicted molar refractivity (Wildman–Crippen MR) is 200 cm³/mol. The molecule has 0 bridgehead atoms. The summed E-state index contributed by atoms with van der Waals surface area (Å²) in [7, 11) is -4.81. The van der Waals surface area contributed by atoms with Crippen LogP contribution in [0.5, 0.6) is 0 Å². The minimum absolute atomic E-state index is 0.144. The number of esters is 2. The number of hydrogen-bond acceptors (Lipinski definition) is 12. The number of carboxylic acids is 1. The average molecular weight is 776 g/mol. The molecule has 306 valence electrons. The fraction of sp³-hybridized carbons (Fsp3) is 0.763. The molecule has 1 rings (SSSR count). The summed E-state index contributed by atoms with van der Waals surface area (Å²) in [5.41, 5.74) is 5.31. The summed E-state index contributed by atoms with van der Waals surface area (Å²) in [6.07, 6.45) is 20.8. The maximum absolute atomic E-state index is 12.7. The van der Waals surface area contributed by atoms with Gasteiger partial charge in [-0.1, -0.05) is 102 Å². The van der Waals surface area contributed by atoms with E-state index in [1.54, 1.807) is 18.2 Å². The molecule has 0 saturated heterocycles. The molecule has 1 fully saturated rings. The van der Waals surface area contributed by atoms with E-state index in [4.69, 9.17) is 24.8 Å². The van der Waals surface area contributed by atoms with Gasteiger partial charge in [0.1, 0.15) is 12.6 Å². The molecule has 0 aliphatic heterocycles. The van der Waals surface area contributed by atoms with E-state index in [9.17, 15) is 39.2 Å². The lowest BCUT2D eigenvalue weighted by Gasteiger charge is -2.20. The SMILES string of the molecule is CCCC/C=C\CCCCCCCC(=O)OC[C@H](COP(=O)(O)OC[C@H](N)C(=O)O)OC(=O)C/C=C\C[C@H]1[C@@H](/C=C/[C@H](O)CCCCC)[C@H](O)C[C@@H]1O. The van der Waals surface area contributed by atoms with Gasteiger partial charge in [0.25, 0.3) is 0 Å². The summed E-state index contributed by atoms with van der Waals surface area (Å²) in [5, 5.41) is 40.1. The third kappa shape index (κ3) is 23.9. The predicted octanol–water partition coefficient (Wildman–Crippen LogP) is 5.66. The molecule has 0 amide bonds. The number of ether oxygens (including phenoxy) is 2. The van der Waals surface area contributed by atoms with Crippen LogP contribution in [-0.2, 0) is 37.5 Å². The number of allylic oxidation sites excluding steroid dienone is 3. The molecule has 14 nitrogen and oxygen atoms in total. The van der Waals surface area contributed by atoms with Crippen molar-refractivity contribution in [2.75, 3.05) is 19.8 Å². The first-order valence-corrected chi connectivity index (χ1v) is 20.8. The number of phosphoric acid groups is 1. The average Bonchev–Trinajstić information content (AvgIpc) is 3.38. The van der Waals surface area contributed by atoms with E-state index in [0.29, 0.717) is 19.3 Å². The van der Waals surface area contributed by atoms with Crippen LogP contribution in [0.1, 0.15) is 123 Å². The third-order valence-corrected chi connectivity index (χ3v) is 9.91. The normalized spacial score (nSPS) is 21.9. The van der Waals surface area contributed by atoms with Gasteiger partial charge >= 0.3 is 25.7 Å². The minimum Gasteiger partial charge on any atom is -0.480 e. The molecule has 1 aliphatic carbocycles. The third-order valence-electron chi connectivity index (χ3n) is 8.96. The van der Waals surface area contributed by atoms with Crippen molar-refractivity contribution < 1.29 is 62.8 Å². The highest BCUT2D eigenvalue weighted by molar-refractivity contribution is 7.47. The first kappa shape index (κ1) is 48.6. The number of hydrogen-bond donors (Lipinski definition) is 6. The molecule has 0 aromatic rings. The second-order valence-electron chi connectivity index (χ2n) is 13.7. The maximum atomic E-state index is 12.7. The highest BCUT2D eigenvalue weighted by Gasteiger charge is 2.39. The van der Waals surface area contributed by atoms with Gasteiger partial charge in [0.2, 0.25) is 0 Å². The zero-order chi connectivity index (χ0) is 39.5. The van der Waals surface area contributed by atoms with Gasteiger partial charge in [0.05, 0.1) is 37.9 Å². The van der Waals surface area contributed by atoms with Gasteiger partial charge in [-0.2, -0.15) is 0 Å². The van der Waals surface area contributed by atoms with Gasteiger partial charge in [-0.15, -0.1) is 0 Å². The molecule has 8 atom stereocenters. The summed E-state index contributed by atoms with van der Waals surface area (Å²) in [6.45, 7) is 2.28. The number of nitrogens with two attached hydrogens (primary N) is 1. The quantitative estimate of drug-likeness (QED) is 0.0216. The highest BCUT2D eigenvalue weighted by atomic mass is 31.2. The highest BCUT2D eigenvalue weighted by Crippen LogP contribution is 2.43. The van der Waals surface area contributed by atoms with E-state index in [1.165, 1.54) is 18.9 Å². The van der Waals surface area contributed by atoms with Gasteiger partial charge in [-0.3, -0.25) is 23.4 Å². The van der Waals surface area contributed by atoms with Crippen molar-refractivity contribution in [3.8, 4) is 0 Å². The monoisotopic (exact) mass is 775 g/mol. The van der Waals surface area contributed by atoms with Crippen LogP contribution in [0.15, 0.2) is 36.5 Å². The molecule has 15 heteroatoms. The van der Waals surface area contributed by atoms with Crippen LogP contribution >= 0.6 is 7.82 Å². The summed E-state index contributed by atoms with van der Waals surface area (Å²) >= 11 is 0. The van der Waals surface area contributed by atoms with Crippen molar-refractivity contribution in [2.24, 2.45) is 17.6 Å². The molecule has 0 spiro atoms. The van der Waals surface area contributed by atoms with Crippen LogP contribution in [0.4, 0.5) is 0 Å². The fourth-order valence-electron chi connectivity index (χ4n) is 5.78. The second-order valence-corrected chi connectivity index (χ2v) is 15.1. The smallest absolute Gasteiger partial charge is 0.472 e. The maximum Gasteiger partial charge on any atom is 0.472 e. The standard InChI is InChI=1S/C38H66NO13P/c1-3-5-7-8-9-10-11-12-13-14-16-21-36(43)49-26-30(27-50-53(47,48)51-28-33(39)38(45)46)52-37(44)22-18-17-20-31-32(35(42)25-34(31)41)24-23-29(40)19-15-6-4-2/h8-9,17-18,23-24,29-35,40-42H,3-7,10-16,19-22,25-28,39H2,1-2H3,(H,45,46)(H,47,48)/b9-8-,18-17-,24-23+/t29-,30-,31+,32-,33+,34+,35-/m1/s1. The molecule has 0 aromatic heterocycles. The van der Waals surface area contributed by atoms with Gasteiger partial charge in [0.15, 0.2) is 6.10 Å². The van der Waals surface area contributed by atoms with Crippen molar-refractivity contribution in [3.63, 3.8) is 0 Å². The van der Waals surface area contributed by atoms with E-state index in [1.807, 2.05) is 0 Å². The zero-order valence-corrected chi connectivity index (χ0v) is 32.6. The number of unbranched alkanes of at least 4 members (excludes halogenated alkanes) is 9. The molecule has 0 radical (unpaired) electrons. The molecular formula is C38H66NO13P. The Hall–Kier alpha value is -2.42. The van der Waals surface area contributed by atoms with Crippen LogP contribution < -0.4 is 5.73 Å². The van der Waals surface area contributed by atoms with Crippen LogP contribution in [0.3, 0.4) is 0 Å². The molecule has 0 aromatic carbocycles. The number of carbonyl (C=O) groups excluding carboxylic acids is 2. The van der Waals surface area contributed by atoms with Crippen molar-refractivity contribution in [1.29, 1.82) is 0 Å². The van der Waals surface area contributed by atoms with E-state index in [-0.39, 0.29) is 31.1 Å². The Balaban J connectivity index is 2.66. The largest absolute Gasteiger partial charge is 0.480 e. The van der Waals surface area contributed by atoms with Crippen molar-refractivity contribution in [3.05, 3.63) is 36.5 Å². The van der Waals surface area contributed by atoms with Crippen LogP contribution in [0.2, 0.25) is 0 Å². The first-order chi connectivity index (χ1) is 25.3. The van der Waals surface area contributed by atoms with Crippen molar-refractivity contribution >= 4 is 25.7 Å². The van der Waals surface area contributed by atoms with Crippen molar-refractivity contribution in [2.45, 2.75) is 153 Å². The second kappa shape index (κ2) is 28.9. The van der Waals surface area contributed by atoms with E-state index >= 15 is 0 Å². The molecule has 1 unspecified atom stereocenters. The van der Waals surface area contributed by atoms with Gasteiger partial charge in [0, 0.05) is 18.8 Å². The Morgan fingerprint density at radius 3 is 2.19 bits per heavy atom. The topological polar surface area (TPSA) is 232 Å². The van der Waals surface area contributed by atoms with E-state index < -0.39 is 76.0 Å². The lowest BCUT2D eigenvalue weighted by molar-refractivity contribution is -0.160. The lowest BCUT2D eigenvalue weighted by atomic mass is 9.89. The Labute approximate surface area is 315 Å². The minimum atomic E-state index is -4.81. The zero-order valence-electron chi connectivity index (χ0n) is 31.7. The van der Waals surface area contributed by atoms with Gasteiger partial charge in [-0.25, -0.2) is 4.57 Å². The number of aliphatic hydroxyl groups excluding tert-OH is 3. The van der Waals surface area contributed by atoms with Gasteiger partial charge in [-0.05, 0) is 44.4 Å². The fourth-order valence-corrected chi connectivity index (χ4v) is 6.56. The van der Waals surface area contributed by atoms with Crippen molar-refractivity contribution in [1.82, 2.24) is 0 Å². The summed E-state index contributed by atoms with van der Waals surface area (Å²) in [4.78, 5) is 46.0. The molecule has 1 saturated carbocycles. The number of aliphatic carboxylic acids is 1. The van der Waals surface area contributed by atoms with E-state index in [0.717, 1.165) is 57.8 Å². The van der Waals surface area contributed by atoms with Crippen LogP contribution in [0.25, 0.3) is 0 Å². The molecule has 7 N–H and O–H groups in total. The number of carboxylic acid groups (broad SMARTS) is 1. The number of carbonyl (C=O) groups is 3.